The molecular weight excluding hydrogens is 243 g/mol. The molecule has 3 heteroatoms. The molecule has 90 valence electrons. The molecule has 0 aliphatic heterocycles. The Bertz CT molecular complexity index is 165. The van der Waals surface area contributed by atoms with Crippen LogP contribution in [0, 0.1) is 0 Å². The van der Waals surface area contributed by atoms with Crippen molar-refractivity contribution in [2.24, 2.45) is 0 Å². The molecule has 0 atom stereocenters. The van der Waals surface area contributed by atoms with Gasteiger partial charge in [-0.2, -0.15) is 0 Å². The summed E-state index contributed by atoms with van der Waals surface area (Å²) in [5.74, 6) is 0. The summed E-state index contributed by atoms with van der Waals surface area (Å²) in [6.45, 7) is 0.335. The number of halogens is 2. The van der Waals surface area contributed by atoms with Crippen molar-refractivity contribution in [3.05, 3.63) is 0 Å². The first-order valence-corrected chi connectivity index (χ1v) is 10.9. The van der Waals surface area contributed by atoms with Crippen LogP contribution in [0.15, 0.2) is 0 Å². The Labute approximate surface area is 105 Å². The molecular formula is C12H24Cl2Si. The van der Waals surface area contributed by atoms with Crippen molar-refractivity contribution in [3.63, 3.8) is 0 Å². The smallest absolute Gasteiger partial charge is 0.146 e. The number of unbranched alkanes of at least 4 members (excludes halogenated alkanes) is 3. The molecule has 0 nitrogen and oxygen atoms in total. The molecule has 0 aromatic rings. The summed E-state index contributed by atoms with van der Waals surface area (Å²) in [6.07, 6.45) is 11.9. The zero-order valence-corrected chi connectivity index (χ0v) is 12.4. The molecule has 0 bridgehead atoms. The molecule has 0 unspecified atom stereocenters. The van der Waals surface area contributed by atoms with Gasteiger partial charge in [0.1, 0.15) is 0 Å². The van der Waals surface area contributed by atoms with Gasteiger partial charge in [0, 0.05) is 0 Å². The molecule has 0 heterocycles. The third kappa shape index (κ3) is 5.10. The topological polar surface area (TPSA) is 0 Å². The van der Waals surface area contributed by atoms with Crippen LogP contribution in [0.5, 0.6) is 0 Å². The highest BCUT2D eigenvalue weighted by Crippen LogP contribution is 2.44. The van der Waals surface area contributed by atoms with Gasteiger partial charge in [0.25, 0.3) is 6.69 Å². The van der Waals surface area contributed by atoms with Crippen LogP contribution in [0.25, 0.3) is 0 Å². The number of rotatable bonds is 6. The second-order valence-corrected chi connectivity index (χ2v) is 12.4. The van der Waals surface area contributed by atoms with E-state index in [0.717, 1.165) is 6.04 Å². The molecule has 0 saturated heterocycles. The Morgan fingerprint density at radius 1 is 1.00 bits per heavy atom. The van der Waals surface area contributed by atoms with Crippen molar-refractivity contribution >= 4 is 28.9 Å². The minimum absolute atomic E-state index is 0.691. The fraction of sp³-hybridized carbons (Fsp3) is 1.00. The van der Waals surface area contributed by atoms with E-state index in [1.54, 1.807) is 0 Å². The van der Waals surface area contributed by atoms with Crippen LogP contribution >= 0.6 is 22.2 Å². The van der Waals surface area contributed by atoms with Gasteiger partial charge < -0.3 is 0 Å². The maximum absolute atomic E-state index is 6.60. The average Bonchev–Trinajstić information content (AvgIpc) is 2.26. The van der Waals surface area contributed by atoms with E-state index in [4.69, 9.17) is 22.2 Å². The van der Waals surface area contributed by atoms with Crippen LogP contribution in [0.1, 0.15) is 64.7 Å². The van der Waals surface area contributed by atoms with Gasteiger partial charge in [0.05, 0.1) is 0 Å². The van der Waals surface area contributed by atoms with E-state index in [0.29, 0.717) is 5.54 Å². The van der Waals surface area contributed by atoms with Crippen LogP contribution < -0.4 is 0 Å². The van der Waals surface area contributed by atoms with Gasteiger partial charge >= 0.3 is 0 Å². The number of hydrogen-bond donors (Lipinski definition) is 0. The van der Waals surface area contributed by atoms with E-state index in [2.05, 4.69) is 6.92 Å². The van der Waals surface area contributed by atoms with Crippen molar-refractivity contribution < 1.29 is 0 Å². The van der Waals surface area contributed by atoms with E-state index in [1.807, 2.05) is 0 Å². The van der Waals surface area contributed by atoms with Gasteiger partial charge in [-0.25, -0.2) is 0 Å². The van der Waals surface area contributed by atoms with E-state index in [9.17, 15) is 0 Å². The molecule has 0 spiro atoms. The monoisotopic (exact) mass is 266 g/mol. The molecule has 1 aliphatic rings. The summed E-state index contributed by atoms with van der Waals surface area (Å²) in [4.78, 5) is 0. The Balaban J connectivity index is 2.23. The second kappa shape index (κ2) is 7.19. The molecule has 1 rings (SSSR count). The Kier molecular flexibility index (Phi) is 6.64. The lowest BCUT2D eigenvalue weighted by molar-refractivity contribution is 0.495. The van der Waals surface area contributed by atoms with E-state index in [1.165, 1.54) is 57.8 Å². The van der Waals surface area contributed by atoms with Crippen LogP contribution in [-0.2, 0) is 0 Å². The van der Waals surface area contributed by atoms with E-state index < -0.39 is 6.69 Å². The summed E-state index contributed by atoms with van der Waals surface area (Å²) in [6, 6.07) is 1.13. The Hall–Kier alpha value is 0.797. The first kappa shape index (κ1) is 13.9. The SMILES string of the molecule is CCCCCC[Si](Cl)(Cl)C1CCCCC1. The predicted octanol–water partition coefficient (Wildman–Crippen LogP) is 5.82. The predicted molar refractivity (Wildman–Crippen MR) is 73.2 cm³/mol. The first-order valence-electron chi connectivity index (χ1n) is 6.54. The average molecular weight is 267 g/mol. The van der Waals surface area contributed by atoms with Crippen molar-refractivity contribution in [2.45, 2.75) is 76.3 Å². The molecule has 0 radical (unpaired) electrons. The molecule has 0 aromatic heterocycles. The lowest BCUT2D eigenvalue weighted by Gasteiger charge is -2.30. The molecule has 1 fully saturated rings. The lowest BCUT2D eigenvalue weighted by atomic mass is 10.0. The van der Waals surface area contributed by atoms with E-state index in [-0.39, 0.29) is 0 Å². The van der Waals surface area contributed by atoms with Gasteiger partial charge in [0.15, 0.2) is 0 Å². The maximum atomic E-state index is 6.60. The summed E-state index contributed by atoms with van der Waals surface area (Å²) >= 11 is 13.2. The Morgan fingerprint density at radius 3 is 2.27 bits per heavy atom. The Morgan fingerprint density at radius 2 is 1.67 bits per heavy atom. The minimum Gasteiger partial charge on any atom is -0.146 e. The summed E-state index contributed by atoms with van der Waals surface area (Å²) in [5, 5.41) is 0. The van der Waals surface area contributed by atoms with Crippen molar-refractivity contribution in [3.8, 4) is 0 Å². The summed E-state index contributed by atoms with van der Waals surface area (Å²) < 4.78 is 0. The summed E-state index contributed by atoms with van der Waals surface area (Å²) in [5.41, 5.74) is 0.691. The van der Waals surface area contributed by atoms with Gasteiger partial charge in [-0.15, -0.1) is 22.2 Å². The van der Waals surface area contributed by atoms with Crippen LogP contribution in [0.3, 0.4) is 0 Å². The van der Waals surface area contributed by atoms with Crippen molar-refractivity contribution in [1.29, 1.82) is 0 Å². The standard InChI is InChI=1S/C12H24Cl2Si/c1-2-3-4-8-11-15(13,14)12-9-6-5-7-10-12/h12H,2-11H2,1H3. The molecule has 1 aliphatic carbocycles. The van der Waals surface area contributed by atoms with Crippen LogP contribution in [0.4, 0.5) is 0 Å². The maximum Gasteiger partial charge on any atom is 0.254 e. The lowest BCUT2D eigenvalue weighted by Crippen LogP contribution is -2.28. The highest BCUT2D eigenvalue weighted by Gasteiger charge is 2.38. The quantitative estimate of drug-likeness (QED) is 0.323. The van der Waals surface area contributed by atoms with Crippen molar-refractivity contribution in [1.82, 2.24) is 0 Å². The van der Waals surface area contributed by atoms with E-state index >= 15 is 0 Å². The molecule has 15 heavy (non-hydrogen) atoms. The fourth-order valence-corrected chi connectivity index (χ4v) is 7.01. The number of hydrogen-bond acceptors (Lipinski definition) is 0. The normalized spacial score (nSPS) is 19.4. The zero-order chi connectivity index (χ0) is 11.1. The van der Waals surface area contributed by atoms with Gasteiger partial charge in [-0.05, 0) is 11.6 Å². The highest BCUT2D eigenvalue weighted by molar-refractivity contribution is 7.46. The second-order valence-electron chi connectivity index (χ2n) is 4.91. The molecule has 1 saturated carbocycles. The summed E-state index contributed by atoms with van der Waals surface area (Å²) in [7, 11) is 0. The van der Waals surface area contributed by atoms with Gasteiger partial charge in [-0.1, -0.05) is 64.7 Å². The third-order valence-corrected chi connectivity index (χ3v) is 9.34. The first-order chi connectivity index (χ1) is 7.17. The highest BCUT2D eigenvalue weighted by atomic mass is 35.7. The molecule has 0 N–H and O–H groups in total. The third-order valence-electron chi connectivity index (χ3n) is 3.57. The minimum atomic E-state index is -1.91. The van der Waals surface area contributed by atoms with Crippen molar-refractivity contribution in [2.75, 3.05) is 0 Å². The van der Waals surface area contributed by atoms with Crippen LogP contribution in [0.2, 0.25) is 11.6 Å². The fourth-order valence-electron chi connectivity index (χ4n) is 2.52. The van der Waals surface area contributed by atoms with Crippen LogP contribution in [-0.4, -0.2) is 6.69 Å². The van der Waals surface area contributed by atoms with Gasteiger partial charge in [0.2, 0.25) is 0 Å². The zero-order valence-electron chi connectivity index (χ0n) is 9.90. The largest absolute Gasteiger partial charge is 0.254 e. The van der Waals surface area contributed by atoms with Gasteiger partial charge in [-0.3, -0.25) is 0 Å². The molecule has 0 aromatic carbocycles. The molecule has 0 amide bonds.